The van der Waals surface area contributed by atoms with Gasteiger partial charge in [-0.2, -0.15) is 0 Å². The summed E-state index contributed by atoms with van der Waals surface area (Å²) in [4.78, 5) is 21.7. The lowest BCUT2D eigenvalue weighted by Crippen LogP contribution is -2.41. The Morgan fingerprint density at radius 3 is 2.66 bits per heavy atom. The number of benzene rings is 1. The highest BCUT2D eigenvalue weighted by Crippen LogP contribution is 2.34. The number of nitrogens with zero attached hydrogens (tertiary/aromatic N) is 5. The molecule has 3 aromatic rings. The van der Waals surface area contributed by atoms with Crippen molar-refractivity contribution in [1.82, 2.24) is 19.4 Å². The van der Waals surface area contributed by atoms with E-state index in [1.807, 2.05) is 0 Å². The van der Waals surface area contributed by atoms with Gasteiger partial charge in [0.05, 0.1) is 17.8 Å². The second-order valence-corrected chi connectivity index (χ2v) is 8.71. The van der Waals surface area contributed by atoms with Gasteiger partial charge in [0.15, 0.2) is 0 Å². The largest absolute Gasteiger partial charge is 0.387 e. The molecule has 0 spiro atoms. The quantitative estimate of drug-likeness (QED) is 0.468. The Labute approximate surface area is 174 Å². The number of aromatic nitrogens is 3. The van der Waals surface area contributed by atoms with E-state index in [0.717, 1.165) is 21.1 Å². The molecule has 3 heterocycles. The van der Waals surface area contributed by atoms with Gasteiger partial charge in [0, 0.05) is 30.1 Å². The molecular weight excluding hydrogens is 421 g/mol. The van der Waals surface area contributed by atoms with Crippen molar-refractivity contribution in [2.45, 2.75) is 32.2 Å². The molecule has 152 valence electrons. The van der Waals surface area contributed by atoms with Crippen LogP contribution in [0.15, 0.2) is 30.5 Å². The monoisotopic (exact) mass is 437 g/mol. The van der Waals surface area contributed by atoms with Crippen LogP contribution in [0, 0.1) is 15.9 Å². The molecule has 0 fully saturated rings. The van der Waals surface area contributed by atoms with Crippen molar-refractivity contribution in [2.75, 3.05) is 6.54 Å². The maximum Gasteiger partial charge on any atom is 0.383 e. The van der Waals surface area contributed by atoms with Crippen molar-refractivity contribution in [3.8, 4) is 10.6 Å². The van der Waals surface area contributed by atoms with Gasteiger partial charge in [0.2, 0.25) is 0 Å². The van der Waals surface area contributed by atoms with E-state index >= 15 is 0 Å². The number of fused-ring (bicyclic) bond motifs is 1. The average molecular weight is 438 g/mol. The third-order valence-corrected chi connectivity index (χ3v) is 6.02. The highest BCUT2D eigenvalue weighted by Gasteiger charge is 2.32. The molecule has 1 aliphatic rings. The molecule has 11 heteroatoms. The van der Waals surface area contributed by atoms with Crippen molar-refractivity contribution in [3.63, 3.8) is 0 Å². The van der Waals surface area contributed by atoms with Gasteiger partial charge >= 0.3 is 11.1 Å². The molecule has 0 saturated heterocycles. The van der Waals surface area contributed by atoms with Gasteiger partial charge < -0.3 is 15.2 Å². The number of hydrogen-bond donors (Lipinski definition) is 1. The smallest absolute Gasteiger partial charge is 0.383 e. The fourth-order valence-electron chi connectivity index (χ4n) is 3.41. The molecule has 29 heavy (non-hydrogen) atoms. The maximum absolute atomic E-state index is 13.1. The first-order valence-electron chi connectivity index (χ1n) is 8.76. The predicted molar refractivity (Wildman–Crippen MR) is 106 cm³/mol. The van der Waals surface area contributed by atoms with Crippen LogP contribution in [0.3, 0.4) is 0 Å². The van der Waals surface area contributed by atoms with E-state index in [1.54, 1.807) is 30.4 Å². The summed E-state index contributed by atoms with van der Waals surface area (Å²) in [5.41, 5.74) is 0.647. The Kier molecular flexibility index (Phi) is 5.11. The number of aliphatic hydroxyl groups is 1. The van der Waals surface area contributed by atoms with Crippen molar-refractivity contribution in [2.24, 2.45) is 0 Å². The van der Waals surface area contributed by atoms with Crippen LogP contribution < -0.4 is 0 Å². The van der Waals surface area contributed by atoms with Crippen molar-refractivity contribution in [3.05, 3.63) is 62.2 Å². The summed E-state index contributed by atoms with van der Waals surface area (Å²) in [6.07, 6.45) is 1.22. The fraction of sp³-hybridized carbons (Fsp3) is 0.333. The van der Waals surface area contributed by atoms with E-state index in [4.69, 9.17) is 11.6 Å². The highest BCUT2D eigenvalue weighted by molar-refractivity contribution is 7.15. The summed E-state index contributed by atoms with van der Waals surface area (Å²) in [6.45, 7) is 3.29. The number of thiazole rings is 1. The van der Waals surface area contributed by atoms with Crippen molar-refractivity contribution in [1.29, 1.82) is 0 Å². The molecule has 0 aliphatic carbocycles. The minimum absolute atomic E-state index is 0.0388. The lowest BCUT2D eigenvalue weighted by atomic mass is 10.1. The number of imidazole rings is 1. The summed E-state index contributed by atoms with van der Waals surface area (Å²) < 4.78 is 14.5. The average Bonchev–Trinajstić information content (AvgIpc) is 3.28. The third-order valence-electron chi connectivity index (χ3n) is 4.59. The Balaban J connectivity index is 1.41. The van der Waals surface area contributed by atoms with E-state index in [2.05, 4.69) is 14.9 Å². The fourth-order valence-corrected chi connectivity index (χ4v) is 4.72. The lowest BCUT2D eigenvalue weighted by molar-refractivity contribution is -0.389. The number of rotatable bonds is 6. The van der Waals surface area contributed by atoms with Gasteiger partial charge in [-0.25, -0.2) is 9.37 Å². The van der Waals surface area contributed by atoms with Gasteiger partial charge in [-0.1, -0.05) is 0 Å². The molecule has 1 N–H and O–H groups in total. The molecule has 8 nitrogen and oxygen atoms in total. The zero-order chi connectivity index (χ0) is 20.8. The van der Waals surface area contributed by atoms with Crippen molar-refractivity contribution >= 4 is 28.8 Å². The first-order chi connectivity index (χ1) is 13.7. The molecule has 0 amide bonds. The number of halogens is 2. The van der Waals surface area contributed by atoms with Crippen LogP contribution in [0.5, 0.6) is 0 Å². The van der Waals surface area contributed by atoms with Crippen LogP contribution in [0.25, 0.3) is 10.6 Å². The summed E-state index contributed by atoms with van der Waals surface area (Å²) in [5.74, 6) is -0.638. The molecule has 4 rings (SSSR count). The minimum atomic E-state index is -1.17. The van der Waals surface area contributed by atoms with Crippen LogP contribution in [0.1, 0.15) is 17.5 Å². The topological polar surface area (TPSA) is 97.3 Å². The van der Waals surface area contributed by atoms with Gasteiger partial charge in [-0.05, 0) is 52.7 Å². The second-order valence-electron chi connectivity index (χ2n) is 7.29. The van der Waals surface area contributed by atoms with Gasteiger partial charge in [0.1, 0.15) is 17.0 Å². The van der Waals surface area contributed by atoms with Crippen molar-refractivity contribution < 1.29 is 14.4 Å². The SMILES string of the molecule is CC(O)(CN1Cc2nc(-c3ccc(F)cc3)sc2C1)Cn1cc([N+](=O)[O-])nc1Cl. The van der Waals surface area contributed by atoms with Crippen LogP contribution >= 0.6 is 22.9 Å². The normalized spacial score (nSPS) is 16.0. The summed E-state index contributed by atoms with van der Waals surface area (Å²) in [6, 6.07) is 6.24. The highest BCUT2D eigenvalue weighted by atomic mass is 35.5. The number of β-amino-alcohol motifs (C(OH)–C–C–N with tert-alkyl or cyclic N) is 1. The Morgan fingerprint density at radius 1 is 1.31 bits per heavy atom. The van der Waals surface area contributed by atoms with E-state index in [-0.39, 0.29) is 23.5 Å². The van der Waals surface area contributed by atoms with E-state index in [1.165, 1.54) is 22.9 Å². The van der Waals surface area contributed by atoms with E-state index < -0.39 is 10.5 Å². The van der Waals surface area contributed by atoms with Crippen LogP contribution in [0.2, 0.25) is 5.28 Å². The Bertz CT molecular complexity index is 1040. The molecule has 1 aromatic carbocycles. The standard InChI is InChI=1S/C18H17ClFN5O3S/c1-18(26,10-24-8-15(25(27)28)22-17(24)19)9-23-6-13-14(7-23)29-16(21-13)11-2-4-12(20)5-3-11/h2-5,8,26H,6-7,9-10H2,1H3. The molecule has 0 bridgehead atoms. The minimum Gasteiger partial charge on any atom is -0.387 e. The Hall–Kier alpha value is -2.40. The molecule has 1 atom stereocenters. The molecule has 0 radical (unpaired) electrons. The third kappa shape index (κ3) is 4.30. The molecule has 1 aliphatic heterocycles. The molecular formula is C18H17ClFN5O3S. The summed E-state index contributed by atoms with van der Waals surface area (Å²) >= 11 is 7.50. The number of nitro groups is 1. The van der Waals surface area contributed by atoms with Crippen LogP contribution in [-0.4, -0.2) is 41.6 Å². The predicted octanol–water partition coefficient (Wildman–Crippen LogP) is 3.47. The molecule has 0 saturated carbocycles. The van der Waals surface area contributed by atoms with E-state index in [0.29, 0.717) is 19.6 Å². The van der Waals surface area contributed by atoms with Crippen LogP contribution in [0.4, 0.5) is 10.2 Å². The zero-order valence-electron chi connectivity index (χ0n) is 15.4. The second kappa shape index (κ2) is 7.45. The van der Waals surface area contributed by atoms with Crippen LogP contribution in [-0.2, 0) is 19.6 Å². The Morgan fingerprint density at radius 2 is 2.03 bits per heavy atom. The number of hydrogen-bond acceptors (Lipinski definition) is 7. The van der Waals surface area contributed by atoms with Gasteiger partial charge in [-0.3, -0.25) is 9.47 Å². The van der Waals surface area contributed by atoms with E-state index in [9.17, 15) is 19.6 Å². The zero-order valence-corrected chi connectivity index (χ0v) is 17.0. The molecule has 2 aromatic heterocycles. The maximum atomic E-state index is 13.1. The summed E-state index contributed by atoms with van der Waals surface area (Å²) in [5, 5.41) is 22.4. The lowest BCUT2D eigenvalue weighted by Gasteiger charge is -2.28. The molecule has 1 unspecified atom stereocenters. The first kappa shape index (κ1) is 19.9. The van der Waals surface area contributed by atoms with Gasteiger partial charge in [-0.15, -0.1) is 11.3 Å². The first-order valence-corrected chi connectivity index (χ1v) is 9.96. The summed E-state index contributed by atoms with van der Waals surface area (Å²) in [7, 11) is 0. The van der Waals surface area contributed by atoms with Gasteiger partial charge in [0.25, 0.3) is 0 Å².